The molecule has 0 radical (unpaired) electrons. The zero-order valence-corrected chi connectivity index (χ0v) is 15.3. The summed E-state index contributed by atoms with van der Waals surface area (Å²) in [6, 6.07) is 8.20. The van der Waals surface area contributed by atoms with Gasteiger partial charge in [-0.2, -0.15) is 0 Å². The summed E-state index contributed by atoms with van der Waals surface area (Å²) in [6.45, 7) is 9.24. The third kappa shape index (κ3) is 5.77. The Labute approximate surface area is 148 Å². The second kappa shape index (κ2) is 9.66. The highest BCUT2D eigenvalue weighted by molar-refractivity contribution is 5.80. The van der Waals surface area contributed by atoms with Crippen molar-refractivity contribution in [3.05, 3.63) is 30.1 Å². The number of carbonyl (C=O) groups excluding carboxylic acids is 1. The molecule has 2 rings (SSSR count). The Morgan fingerprint density at radius 2 is 1.96 bits per heavy atom. The van der Waals surface area contributed by atoms with Crippen molar-refractivity contribution in [3.63, 3.8) is 0 Å². The number of imidazole rings is 1. The number of benzene rings is 1. The first-order chi connectivity index (χ1) is 12.1. The number of hydrogen-bond donors (Lipinski definition) is 3. The summed E-state index contributed by atoms with van der Waals surface area (Å²) in [5, 5.41) is 9.19. The number of aromatic nitrogens is 2. The van der Waals surface area contributed by atoms with Crippen LogP contribution in [-0.2, 0) is 11.3 Å². The van der Waals surface area contributed by atoms with Crippen LogP contribution in [0.3, 0.4) is 0 Å². The molecule has 0 saturated heterocycles. The van der Waals surface area contributed by atoms with Crippen molar-refractivity contribution in [2.75, 3.05) is 26.2 Å². The van der Waals surface area contributed by atoms with E-state index in [9.17, 15) is 4.79 Å². The highest BCUT2D eigenvalue weighted by Crippen LogP contribution is 2.15. The van der Waals surface area contributed by atoms with Crippen molar-refractivity contribution >= 4 is 22.9 Å². The highest BCUT2D eigenvalue weighted by atomic mass is 16.1. The lowest BCUT2D eigenvalue weighted by molar-refractivity contribution is -0.118. The molecule has 25 heavy (non-hydrogen) atoms. The molecule has 0 saturated carbocycles. The van der Waals surface area contributed by atoms with Crippen molar-refractivity contribution < 1.29 is 4.79 Å². The number of rotatable bonds is 8. The van der Waals surface area contributed by atoms with Gasteiger partial charge in [0, 0.05) is 39.6 Å². The van der Waals surface area contributed by atoms with Gasteiger partial charge in [-0.25, -0.2) is 4.98 Å². The van der Waals surface area contributed by atoms with E-state index in [2.05, 4.69) is 36.6 Å². The molecule has 0 aliphatic heterocycles. The van der Waals surface area contributed by atoms with E-state index in [4.69, 9.17) is 0 Å². The summed E-state index contributed by atoms with van der Waals surface area (Å²) < 4.78 is 2.24. The zero-order chi connectivity index (χ0) is 18.1. The van der Waals surface area contributed by atoms with Crippen LogP contribution < -0.4 is 16.0 Å². The van der Waals surface area contributed by atoms with Gasteiger partial charge < -0.3 is 20.5 Å². The molecule has 0 aliphatic carbocycles. The van der Waals surface area contributed by atoms with Gasteiger partial charge in [-0.05, 0) is 32.4 Å². The molecular formula is C18H28N6O. The maximum atomic E-state index is 10.9. The molecule has 1 heterocycles. The van der Waals surface area contributed by atoms with Crippen LogP contribution >= 0.6 is 0 Å². The molecule has 2 aromatic rings. The summed E-state index contributed by atoms with van der Waals surface area (Å²) in [6.07, 6.45) is 0.934. The van der Waals surface area contributed by atoms with Crippen molar-refractivity contribution in [2.45, 2.75) is 33.7 Å². The van der Waals surface area contributed by atoms with E-state index in [1.165, 1.54) is 12.4 Å². The van der Waals surface area contributed by atoms with Gasteiger partial charge in [-0.15, -0.1) is 0 Å². The number of hydrogen-bond acceptors (Lipinski definition) is 3. The predicted octanol–water partition coefficient (Wildman–Crippen LogP) is 1.43. The molecular weight excluding hydrogens is 316 g/mol. The lowest BCUT2D eigenvalue weighted by Gasteiger charge is -2.11. The molecule has 0 unspecified atom stereocenters. The Hall–Kier alpha value is -2.57. The normalized spacial score (nSPS) is 11.6. The fraction of sp³-hybridized carbons (Fsp3) is 0.500. The molecule has 1 aromatic carbocycles. The van der Waals surface area contributed by atoms with E-state index in [-0.39, 0.29) is 5.91 Å². The summed E-state index contributed by atoms with van der Waals surface area (Å²) in [4.78, 5) is 20.0. The molecule has 7 nitrogen and oxygen atoms in total. The standard InChI is InChI=1S/C18H28N6O/c1-4-19-18(22-12-11-20-15(3)25)21-10-7-13-24-14(2)23-16-8-5-6-9-17(16)24/h5-6,8-9H,4,7,10-13H2,1-3H3,(H,20,25)(H2,19,21,22). The van der Waals surface area contributed by atoms with Crippen molar-refractivity contribution in [1.29, 1.82) is 0 Å². The third-order valence-corrected chi connectivity index (χ3v) is 3.79. The van der Waals surface area contributed by atoms with Crippen LogP contribution in [0.5, 0.6) is 0 Å². The topological polar surface area (TPSA) is 83.3 Å². The number of nitrogens with one attached hydrogen (secondary N) is 3. The average molecular weight is 344 g/mol. The van der Waals surface area contributed by atoms with Gasteiger partial charge in [0.1, 0.15) is 5.82 Å². The quantitative estimate of drug-likeness (QED) is 0.384. The lowest BCUT2D eigenvalue weighted by Crippen LogP contribution is -2.41. The number of aliphatic imine (C=N–C) groups is 1. The predicted molar refractivity (Wildman–Crippen MR) is 102 cm³/mol. The van der Waals surface area contributed by atoms with Gasteiger partial charge in [-0.1, -0.05) is 12.1 Å². The molecule has 1 amide bonds. The second-order valence-corrected chi connectivity index (χ2v) is 5.82. The first-order valence-corrected chi connectivity index (χ1v) is 8.80. The summed E-state index contributed by atoms with van der Waals surface area (Å²) >= 11 is 0. The molecule has 3 N–H and O–H groups in total. The maximum Gasteiger partial charge on any atom is 0.216 e. The molecule has 7 heteroatoms. The molecule has 0 bridgehead atoms. The highest BCUT2D eigenvalue weighted by Gasteiger charge is 2.05. The molecule has 0 atom stereocenters. The second-order valence-electron chi connectivity index (χ2n) is 5.82. The van der Waals surface area contributed by atoms with Gasteiger partial charge in [0.15, 0.2) is 5.96 Å². The average Bonchev–Trinajstić information content (AvgIpc) is 2.90. The summed E-state index contributed by atoms with van der Waals surface area (Å²) in [7, 11) is 0. The third-order valence-electron chi connectivity index (χ3n) is 3.79. The van der Waals surface area contributed by atoms with E-state index in [0.717, 1.165) is 43.4 Å². The van der Waals surface area contributed by atoms with Crippen LogP contribution in [0.2, 0.25) is 0 Å². The Bertz CT molecular complexity index is 721. The number of guanidine groups is 1. The first-order valence-electron chi connectivity index (χ1n) is 8.80. The van der Waals surface area contributed by atoms with Crippen LogP contribution in [0.4, 0.5) is 0 Å². The Kier molecular flexibility index (Phi) is 7.25. The van der Waals surface area contributed by atoms with Crippen LogP contribution in [0.25, 0.3) is 11.0 Å². The van der Waals surface area contributed by atoms with Crippen molar-refractivity contribution in [1.82, 2.24) is 25.5 Å². The Balaban J connectivity index is 1.84. The minimum Gasteiger partial charge on any atom is -0.357 e. The van der Waals surface area contributed by atoms with E-state index >= 15 is 0 Å². The number of amides is 1. The fourth-order valence-corrected chi connectivity index (χ4v) is 2.66. The van der Waals surface area contributed by atoms with Gasteiger partial charge in [0.05, 0.1) is 11.0 Å². The number of nitrogens with zero attached hydrogens (tertiary/aromatic N) is 3. The number of aryl methyl sites for hydroxylation is 2. The van der Waals surface area contributed by atoms with Crippen molar-refractivity contribution in [3.8, 4) is 0 Å². The van der Waals surface area contributed by atoms with Crippen molar-refractivity contribution in [2.24, 2.45) is 4.99 Å². The maximum absolute atomic E-state index is 10.9. The molecule has 0 fully saturated rings. The van der Waals surface area contributed by atoms with Crippen LogP contribution in [0, 0.1) is 6.92 Å². The SMILES string of the molecule is CCNC(=NCCCn1c(C)nc2ccccc21)NCCNC(C)=O. The van der Waals surface area contributed by atoms with Crippen LogP contribution in [0.1, 0.15) is 26.1 Å². The van der Waals surface area contributed by atoms with Crippen LogP contribution in [-0.4, -0.2) is 47.6 Å². The van der Waals surface area contributed by atoms with Gasteiger partial charge >= 0.3 is 0 Å². The first kappa shape index (κ1) is 18.8. The molecule has 0 aliphatic rings. The largest absolute Gasteiger partial charge is 0.357 e. The van der Waals surface area contributed by atoms with E-state index < -0.39 is 0 Å². The number of para-hydroxylation sites is 2. The van der Waals surface area contributed by atoms with Gasteiger partial charge in [-0.3, -0.25) is 9.79 Å². The number of fused-ring (bicyclic) bond motifs is 1. The number of carbonyl (C=O) groups is 1. The van der Waals surface area contributed by atoms with Gasteiger partial charge in [0.25, 0.3) is 0 Å². The molecule has 1 aromatic heterocycles. The Morgan fingerprint density at radius 3 is 2.72 bits per heavy atom. The van der Waals surface area contributed by atoms with E-state index in [1.54, 1.807) is 0 Å². The minimum atomic E-state index is -0.0216. The molecule has 136 valence electrons. The molecule has 0 spiro atoms. The van der Waals surface area contributed by atoms with Crippen LogP contribution in [0.15, 0.2) is 29.3 Å². The zero-order valence-electron chi connectivity index (χ0n) is 15.3. The summed E-state index contributed by atoms with van der Waals surface area (Å²) in [5.74, 6) is 1.79. The van der Waals surface area contributed by atoms with E-state index in [0.29, 0.717) is 13.1 Å². The van der Waals surface area contributed by atoms with Gasteiger partial charge in [0.2, 0.25) is 5.91 Å². The van der Waals surface area contributed by atoms with E-state index in [1.807, 2.05) is 32.0 Å². The monoisotopic (exact) mass is 344 g/mol. The minimum absolute atomic E-state index is 0.0216. The smallest absolute Gasteiger partial charge is 0.216 e. The Morgan fingerprint density at radius 1 is 1.20 bits per heavy atom. The lowest BCUT2D eigenvalue weighted by atomic mass is 10.3. The summed E-state index contributed by atoms with van der Waals surface area (Å²) in [5.41, 5.74) is 2.21. The fourth-order valence-electron chi connectivity index (χ4n) is 2.66.